The molecular weight excluding hydrogens is 136 g/mol. The minimum absolute atomic E-state index is 0.577. The Hall–Kier alpha value is -0.890. The van der Waals surface area contributed by atoms with Crippen LogP contribution < -0.4 is 5.73 Å². The van der Waals surface area contributed by atoms with Crippen LogP contribution in [0.15, 0.2) is 24.5 Å². The number of nitrogens with two attached hydrogens (primary N) is 1. The fourth-order valence-corrected chi connectivity index (χ4v) is 0.519. The van der Waals surface area contributed by atoms with Gasteiger partial charge in [0.15, 0.2) is 0 Å². The molecule has 1 rings (SSSR count). The largest absolute Gasteiger partial charge is 0.326 e. The Bertz CT molecular complexity index is 160. The maximum Gasteiger partial charge on any atom is 0.0312 e. The van der Waals surface area contributed by atoms with Crippen LogP contribution in [0.2, 0.25) is 0 Å². The number of hydrogen-bond donors (Lipinski definition) is 1. The molecule has 0 amide bonds. The zero-order chi connectivity index (χ0) is 8.53. The van der Waals surface area contributed by atoms with Gasteiger partial charge in [0.2, 0.25) is 0 Å². The Balaban J connectivity index is 0.000000292. The summed E-state index contributed by atoms with van der Waals surface area (Å²) in [5.41, 5.74) is 6.39. The Morgan fingerprint density at radius 2 is 2.09 bits per heavy atom. The third-order valence-corrected chi connectivity index (χ3v) is 0.958. The van der Waals surface area contributed by atoms with E-state index in [0.717, 1.165) is 5.56 Å². The Kier molecular flexibility index (Phi) is 6.64. The highest BCUT2D eigenvalue weighted by molar-refractivity contribution is 5.06. The molecule has 62 valence electrons. The van der Waals surface area contributed by atoms with E-state index >= 15 is 0 Å². The van der Waals surface area contributed by atoms with Crippen LogP contribution in [0.1, 0.15) is 25.8 Å². The molecule has 0 fully saturated rings. The lowest BCUT2D eigenvalue weighted by Gasteiger charge is -1.89. The van der Waals surface area contributed by atoms with E-state index in [1.54, 1.807) is 12.4 Å². The van der Waals surface area contributed by atoms with Gasteiger partial charge in [0.05, 0.1) is 0 Å². The first-order valence-corrected chi connectivity index (χ1v) is 3.94. The minimum Gasteiger partial charge on any atom is -0.326 e. The molecule has 0 bridgehead atoms. The molecule has 11 heavy (non-hydrogen) atoms. The fraction of sp³-hybridized carbons (Fsp3) is 0.444. The van der Waals surface area contributed by atoms with Crippen LogP contribution in [0.4, 0.5) is 0 Å². The molecule has 0 saturated carbocycles. The van der Waals surface area contributed by atoms with Crippen molar-refractivity contribution in [1.82, 2.24) is 4.98 Å². The summed E-state index contributed by atoms with van der Waals surface area (Å²) in [4.78, 5) is 3.88. The molecule has 0 aliphatic rings. The van der Waals surface area contributed by atoms with Gasteiger partial charge < -0.3 is 5.73 Å². The van der Waals surface area contributed by atoms with Crippen LogP contribution in [-0.2, 0) is 6.54 Å². The van der Waals surface area contributed by atoms with E-state index in [9.17, 15) is 0 Å². The first-order valence-electron chi connectivity index (χ1n) is 3.94. The van der Waals surface area contributed by atoms with Crippen molar-refractivity contribution >= 4 is 0 Å². The molecule has 2 N–H and O–H groups in total. The second-order valence-corrected chi connectivity index (χ2v) is 2.27. The molecule has 1 aromatic rings. The third-order valence-electron chi connectivity index (χ3n) is 0.958. The highest BCUT2D eigenvalue weighted by atomic mass is 14.6. The summed E-state index contributed by atoms with van der Waals surface area (Å²) in [5.74, 6) is 0. The average molecular weight is 152 g/mol. The molecule has 0 spiro atoms. The summed E-state index contributed by atoms with van der Waals surface area (Å²) in [6, 6.07) is 3.83. The van der Waals surface area contributed by atoms with Gasteiger partial charge in [-0.25, -0.2) is 0 Å². The van der Waals surface area contributed by atoms with E-state index in [-0.39, 0.29) is 0 Å². The quantitative estimate of drug-likeness (QED) is 0.668. The van der Waals surface area contributed by atoms with Crippen LogP contribution in [0, 0.1) is 0 Å². The first-order chi connectivity index (χ1) is 5.35. The van der Waals surface area contributed by atoms with Crippen molar-refractivity contribution in [3.63, 3.8) is 0 Å². The Morgan fingerprint density at radius 1 is 1.45 bits per heavy atom. The van der Waals surface area contributed by atoms with E-state index < -0.39 is 0 Å². The van der Waals surface area contributed by atoms with E-state index in [1.807, 2.05) is 12.1 Å². The van der Waals surface area contributed by atoms with Gasteiger partial charge in [0, 0.05) is 18.9 Å². The smallest absolute Gasteiger partial charge is 0.0312 e. The maximum absolute atomic E-state index is 5.31. The number of aromatic nitrogens is 1. The highest BCUT2D eigenvalue weighted by Crippen LogP contribution is 1.90. The van der Waals surface area contributed by atoms with Gasteiger partial charge in [-0.15, -0.1) is 0 Å². The molecule has 1 aromatic heterocycles. The summed E-state index contributed by atoms with van der Waals surface area (Å²) in [6.07, 6.45) is 4.75. The monoisotopic (exact) mass is 152 g/mol. The van der Waals surface area contributed by atoms with Crippen molar-refractivity contribution in [3.8, 4) is 0 Å². The van der Waals surface area contributed by atoms with Gasteiger partial charge in [-0.3, -0.25) is 4.98 Å². The molecule has 0 aliphatic carbocycles. The normalized spacial score (nSPS) is 8.27. The summed E-state index contributed by atoms with van der Waals surface area (Å²) in [6.45, 7) is 4.83. The van der Waals surface area contributed by atoms with Gasteiger partial charge in [-0.1, -0.05) is 26.3 Å². The first kappa shape index (κ1) is 10.1. The van der Waals surface area contributed by atoms with Gasteiger partial charge in [-0.2, -0.15) is 0 Å². The second kappa shape index (κ2) is 7.22. The number of hydrogen-bond acceptors (Lipinski definition) is 2. The highest BCUT2D eigenvalue weighted by Gasteiger charge is 1.81. The van der Waals surface area contributed by atoms with Gasteiger partial charge in [-0.05, 0) is 11.6 Å². The molecule has 0 unspecified atom stereocenters. The molecule has 0 aliphatic heterocycles. The van der Waals surface area contributed by atoms with Crippen LogP contribution in [0.25, 0.3) is 0 Å². The summed E-state index contributed by atoms with van der Waals surface area (Å²) in [5, 5.41) is 0. The summed E-state index contributed by atoms with van der Waals surface area (Å²) < 4.78 is 0. The third kappa shape index (κ3) is 5.55. The van der Waals surface area contributed by atoms with Crippen LogP contribution in [0.3, 0.4) is 0 Å². The average Bonchev–Trinajstić information content (AvgIpc) is 2.08. The number of pyridine rings is 1. The van der Waals surface area contributed by atoms with Gasteiger partial charge in [0.25, 0.3) is 0 Å². The second-order valence-electron chi connectivity index (χ2n) is 2.27. The predicted molar refractivity (Wildman–Crippen MR) is 48.1 cm³/mol. The van der Waals surface area contributed by atoms with Crippen LogP contribution in [-0.4, -0.2) is 4.98 Å². The van der Waals surface area contributed by atoms with E-state index in [1.165, 1.54) is 6.42 Å². The zero-order valence-electron chi connectivity index (χ0n) is 7.25. The molecule has 0 aromatic carbocycles. The van der Waals surface area contributed by atoms with Crippen molar-refractivity contribution in [1.29, 1.82) is 0 Å². The molecule has 2 heteroatoms. The molecular formula is C9H16N2. The molecule has 0 atom stereocenters. The van der Waals surface area contributed by atoms with Crippen molar-refractivity contribution in [2.24, 2.45) is 5.73 Å². The Morgan fingerprint density at radius 3 is 2.36 bits per heavy atom. The van der Waals surface area contributed by atoms with Gasteiger partial charge >= 0.3 is 0 Å². The van der Waals surface area contributed by atoms with Gasteiger partial charge in [0.1, 0.15) is 0 Å². The molecule has 0 saturated heterocycles. The van der Waals surface area contributed by atoms with Crippen molar-refractivity contribution in [2.45, 2.75) is 26.8 Å². The van der Waals surface area contributed by atoms with Crippen molar-refractivity contribution in [2.75, 3.05) is 0 Å². The summed E-state index contributed by atoms with van der Waals surface area (Å²) >= 11 is 0. The molecule has 2 nitrogen and oxygen atoms in total. The minimum atomic E-state index is 0.577. The molecule has 0 radical (unpaired) electrons. The van der Waals surface area contributed by atoms with Crippen LogP contribution >= 0.6 is 0 Å². The fourth-order valence-electron chi connectivity index (χ4n) is 0.519. The van der Waals surface area contributed by atoms with Crippen molar-refractivity contribution in [3.05, 3.63) is 30.1 Å². The zero-order valence-corrected chi connectivity index (χ0v) is 7.25. The lowest BCUT2D eigenvalue weighted by Crippen LogP contribution is -1.95. The lowest BCUT2D eigenvalue weighted by atomic mass is 10.3. The topological polar surface area (TPSA) is 38.9 Å². The van der Waals surface area contributed by atoms with Crippen molar-refractivity contribution < 1.29 is 0 Å². The van der Waals surface area contributed by atoms with E-state index in [4.69, 9.17) is 5.73 Å². The standard InChI is InChI=1S/C6H8N2.C3H8/c7-4-6-2-1-3-8-5-6;1-3-2/h1-3,5H,4,7H2;3H2,1-2H3. The number of rotatable bonds is 1. The molecule has 1 heterocycles. The number of nitrogens with zero attached hydrogens (tertiary/aromatic N) is 1. The lowest BCUT2D eigenvalue weighted by molar-refractivity contribution is 1.05. The van der Waals surface area contributed by atoms with E-state index in [2.05, 4.69) is 18.8 Å². The SMILES string of the molecule is CCC.NCc1cccnc1. The maximum atomic E-state index is 5.31. The summed E-state index contributed by atoms with van der Waals surface area (Å²) in [7, 11) is 0. The Labute approximate surface area is 68.5 Å². The predicted octanol–water partition coefficient (Wildman–Crippen LogP) is 1.96. The van der Waals surface area contributed by atoms with Crippen LogP contribution in [0.5, 0.6) is 0 Å². The van der Waals surface area contributed by atoms with E-state index in [0.29, 0.717) is 6.54 Å².